The number of rotatable bonds is 10. The topological polar surface area (TPSA) is 60.1 Å². The first-order valence-electron chi connectivity index (χ1n) is 13.1. The summed E-state index contributed by atoms with van der Waals surface area (Å²) in [5.41, 5.74) is 2.20. The third-order valence-corrected chi connectivity index (χ3v) is 7.11. The number of hydrogen-bond donors (Lipinski definition) is 0. The number of halogens is 2. The van der Waals surface area contributed by atoms with Gasteiger partial charge in [0.05, 0.1) is 12.1 Å². The van der Waals surface area contributed by atoms with Gasteiger partial charge >= 0.3 is 5.69 Å². The van der Waals surface area contributed by atoms with Gasteiger partial charge in [-0.05, 0) is 55.3 Å². The fourth-order valence-corrected chi connectivity index (χ4v) is 4.63. The van der Waals surface area contributed by atoms with Crippen molar-refractivity contribution in [3.05, 3.63) is 122 Å². The minimum Gasteiger partial charge on any atom is -0.304 e. The molecule has 2 aromatic heterocycles. The van der Waals surface area contributed by atoms with Gasteiger partial charge in [0.2, 0.25) is 0 Å². The zero-order chi connectivity index (χ0) is 28.1. The lowest BCUT2D eigenvalue weighted by atomic mass is 9.98. The highest BCUT2D eigenvalue weighted by atomic mass is 19.1. The molecule has 0 unspecified atom stereocenters. The third-order valence-electron chi connectivity index (χ3n) is 7.11. The Hall–Kier alpha value is -3.91. The lowest BCUT2D eigenvalue weighted by Crippen LogP contribution is -2.44. The Labute approximate surface area is 227 Å². The van der Waals surface area contributed by atoms with E-state index in [1.807, 2.05) is 54.4 Å². The second-order valence-corrected chi connectivity index (χ2v) is 10.1. The van der Waals surface area contributed by atoms with Crippen molar-refractivity contribution in [2.24, 2.45) is 0 Å². The standard InChI is InChI=1S/C31H34F2N4O2/c1-21(2)23-11-13-24(14-12-23)29-22(3)37(20-26-27(32)9-7-10-28(26)33)31(39)36(30(29)38)19-18-35(4)17-15-25-8-5-6-16-34-25/h5-14,16,21H,15,17-20H2,1-4H3. The molecule has 204 valence electrons. The number of hydrogen-bond acceptors (Lipinski definition) is 4. The highest BCUT2D eigenvalue weighted by Crippen LogP contribution is 2.23. The number of likely N-dealkylation sites (N-methyl/N-ethyl adjacent to an activating group) is 1. The molecule has 4 aromatic rings. The summed E-state index contributed by atoms with van der Waals surface area (Å²) in [6.45, 7) is 6.75. The molecule has 39 heavy (non-hydrogen) atoms. The SMILES string of the molecule is Cc1c(-c2ccc(C(C)C)cc2)c(=O)n(CCN(C)CCc2ccccn2)c(=O)n1Cc1c(F)cccc1F. The molecule has 8 heteroatoms. The van der Waals surface area contributed by atoms with E-state index in [9.17, 15) is 18.4 Å². The molecular formula is C31H34F2N4O2. The van der Waals surface area contributed by atoms with E-state index in [0.717, 1.165) is 29.8 Å². The zero-order valence-electron chi connectivity index (χ0n) is 22.8. The monoisotopic (exact) mass is 532 g/mol. The summed E-state index contributed by atoms with van der Waals surface area (Å²) >= 11 is 0. The third kappa shape index (κ3) is 6.40. The quantitative estimate of drug-likeness (QED) is 0.288. The molecule has 0 radical (unpaired) electrons. The van der Waals surface area contributed by atoms with Gasteiger partial charge in [0.1, 0.15) is 11.6 Å². The Morgan fingerprint density at radius 2 is 1.59 bits per heavy atom. The average Bonchev–Trinajstić information content (AvgIpc) is 2.92. The molecular weight excluding hydrogens is 498 g/mol. The second-order valence-electron chi connectivity index (χ2n) is 10.1. The second kappa shape index (κ2) is 12.3. The van der Waals surface area contributed by atoms with Crippen molar-refractivity contribution in [2.45, 2.75) is 46.2 Å². The number of nitrogens with zero attached hydrogens (tertiary/aromatic N) is 4. The van der Waals surface area contributed by atoms with Crippen molar-refractivity contribution >= 4 is 0 Å². The van der Waals surface area contributed by atoms with Crippen molar-refractivity contribution < 1.29 is 8.78 Å². The lowest BCUT2D eigenvalue weighted by Gasteiger charge is -2.21. The Morgan fingerprint density at radius 1 is 0.897 bits per heavy atom. The Balaban J connectivity index is 1.72. The first-order chi connectivity index (χ1) is 18.7. The maximum absolute atomic E-state index is 14.6. The van der Waals surface area contributed by atoms with Crippen LogP contribution < -0.4 is 11.2 Å². The van der Waals surface area contributed by atoms with E-state index in [0.29, 0.717) is 35.8 Å². The predicted octanol–water partition coefficient (Wildman–Crippen LogP) is 5.00. The molecule has 0 amide bonds. The summed E-state index contributed by atoms with van der Waals surface area (Å²) in [4.78, 5) is 33.7. The van der Waals surface area contributed by atoms with E-state index >= 15 is 0 Å². The van der Waals surface area contributed by atoms with Gasteiger partial charge in [-0.1, -0.05) is 50.2 Å². The van der Waals surface area contributed by atoms with Gasteiger partial charge in [-0.15, -0.1) is 0 Å². The van der Waals surface area contributed by atoms with Crippen molar-refractivity contribution in [2.75, 3.05) is 20.1 Å². The van der Waals surface area contributed by atoms with Gasteiger partial charge in [-0.3, -0.25) is 18.9 Å². The molecule has 4 rings (SSSR count). The molecule has 0 aliphatic rings. The minimum atomic E-state index is -0.740. The summed E-state index contributed by atoms with van der Waals surface area (Å²) in [7, 11) is 1.92. The number of pyridine rings is 1. The van der Waals surface area contributed by atoms with Crippen LogP contribution in [0.15, 0.2) is 76.4 Å². The van der Waals surface area contributed by atoms with Crippen LogP contribution in [-0.2, 0) is 19.5 Å². The van der Waals surface area contributed by atoms with Crippen LogP contribution >= 0.6 is 0 Å². The van der Waals surface area contributed by atoms with Crippen LogP contribution in [0, 0.1) is 18.6 Å². The highest BCUT2D eigenvalue weighted by molar-refractivity contribution is 5.65. The first-order valence-corrected chi connectivity index (χ1v) is 13.1. The lowest BCUT2D eigenvalue weighted by molar-refractivity contribution is 0.315. The van der Waals surface area contributed by atoms with Crippen molar-refractivity contribution in [3.8, 4) is 11.1 Å². The van der Waals surface area contributed by atoms with Gasteiger partial charge in [-0.2, -0.15) is 0 Å². The summed E-state index contributed by atoms with van der Waals surface area (Å²) in [5, 5.41) is 0. The summed E-state index contributed by atoms with van der Waals surface area (Å²) < 4.78 is 31.6. The molecule has 2 aromatic carbocycles. The van der Waals surface area contributed by atoms with Crippen molar-refractivity contribution in [3.63, 3.8) is 0 Å². The number of benzene rings is 2. The zero-order valence-corrected chi connectivity index (χ0v) is 22.8. The maximum Gasteiger partial charge on any atom is 0.331 e. The molecule has 6 nitrogen and oxygen atoms in total. The molecule has 0 spiro atoms. The molecule has 0 saturated carbocycles. The largest absolute Gasteiger partial charge is 0.331 e. The van der Waals surface area contributed by atoms with Crippen molar-refractivity contribution in [1.82, 2.24) is 19.0 Å². The Kier molecular flexibility index (Phi) is 8.86. The van der Waals surface area contributed by atoms with E-state index in [2.05, 4.69) is 18.8 Å². The normalized spacial score (nSPS) is 11.5. The van der Waals surface area contributed by atoms with Crippen LogP contribution in [-0.4, -0.2) is 39.2 Å². The predicted molar refractivity (Wildman–Crippen MR) is 150 cm³/mol. The molecule has 0 aliphatic heterocycles. The smallest absolute Gasteiger partial charge is 0.304 e. The van der Waals surface area contributed by atoms with Crippen LogP contribution in [0.5, 0.6) is 0 Å². The molecule has 0 saturated heterocycles. The Bertz CT molecular complexity index is 1520. The minimum absolute atomic E-state index is 0.132. The Morgan fingerprint density at radius 3 is 2.21 bits per heavy atom. The molecule has 2 heterocycles. The van der Waals surface area contributed by atoms with E-state index in [-0.39, 0.29) is 18.7 Å². The van der Waals surface area contributed by atoms with Crippen LogP contribution in [0.25, 0.3) is 11.1 Å². The maximum atomic E-state index is 14.6. The molecule has 0 atom stereocenters. The van der Waals surface area contributed by atoms with Gasteiger partial charge in [0, 0.05) is 49.2 Å². The average molecular weight is 533 g/mol. The molecule has 0 N–H and O–H groups in total. The van der Waals surface area contributed by atoms with E-state index in [1.54, 1.807) is 13.1 Å². The van der Waals surface area contributed by atoms with E-state index in [1.165, 1.54) is 15.2 Å². The van der Waals surface area contributed by atoms with Gasteiger partial charge in [0.25, 0.3) is 5.56 Å². The fourth-order valence-electron chi connectivity index (χ4n) is 4.63. The van der Waals surface area contributed by atoms with Gasteiger partial charge in [-0.25, -0.2) is 13.6 Å². The summed E-state index contributed by atoms with van der Waals surface area (Å²) in [6.07, 6.45) is 2.47. The van der Waals surface area contributed by atoms with Crippen LogP contribution in [0.3, 0.4) is 0 Å². The fraction of sp³-hybridized carbons (Fsp3) is 0.323. The molecule has 0 fully saturated rings. The summed E-state index contributed by atoms with van der Waals surface area (Å²) in [6, 6.07) is 17.0. The highest BCUT2D eigenvalue weighted by Gasteiger charge is 2.20. The van der Waals surface area contributed by atoms with E-state index in [4.69, 9.17) is 0 Å². The first kappa shape index (κ1) is 28.1. The van der Waals surface area contributed by atoms with Gasteiger partial charge in [0.15, 0.2) is 0 Å². The van der Waals surface area contributed by atoms with E-state index < -0.39 is 22.9 Å². The molecule has 0 bridgehead atoms. The van der Waals surface area contributed by atoms with Crippen LogP contribution in [0.1, 0.15) is 42.3 Å². The van der Waals surface area contributed by atoms with Crippen molar-refractivity contribution in [1.29, 1.82) is 0 Å². The van der Waals surface area contributed by atoms with Crippen LogP contribution in [0.2, 0.25) is 0 Å². The summed E-state index contributed by atoms with van der Waals surface area (Å²) in [5.74, 6) is -1.16. The van der Waals surface area contributed by atoms with Gasteiger partial charge < -0.3 is 4.90 Å². The molecule has 0 aliphatic carbocycles. The van der Waals surface area contributed by atoms with Crippen LogP contribution in [0.4, 0.5) is 8.78 Å². The number of aromatic nitrogens is 3.